The molecule has 0 saturated carbocycles. The van der Waals surface area contributed by atoms with Crippen LogP contribution in [-0.4, -0.2) is 57.2 Å². The van der Waals surface area contributed by atoms with Gasteiger partial charge in [-0.15, -0.1) is 0 Å². The van der Waals surface area contributed by atoms with E-state index in [1.807, 2.05) is 73.6 Å². The maximum absolute atomic E-state index is 13.8. The second kappa shape index (κ2) is 10.8. The maximum atomic E-state index is 13.8. The van der Waals surface area contributed by atoms with Crippen LogP contribution in [0.15, 0.2) is 18.2 Å². The van der Waals surface area contributed by atoms with E-state index in [1.54, 1.807) is 20.8 Å². The van der Waals surface area contributed by atoms with Gasteiger partial charge in [-0.05, 0) is 92.9 Å². The minimum Gasteiger partial charge on any atom is -0.444 e. The first-order chi connectivity index (χ1) is 15.3. The average Bonchev–Trinajstić information content (AvgIpc) is 2.62. The molecule has 0 fully saturated rings. The fraction of sp³-hybridized carbons (Fsp3) is 0.654. The number of nitrogens with one attached hydrogen (secondary N) is 2. The third kappa shape index (κ3) is 8.31. The number of aliphatic hydroxyl groups is 1. The Morgan fingerprint density at radius 3 is 2.00 bits per heavy atom. The Labute approximate surface area is 204 Å². The zero-order valence-corrected chi connectivity index (χ0v) is 22.6. The lowest BCUT2D eigenvalue weighted by molar-refractivity contribution is -0.149. The van der Waals surface area contributed by atoms with Crippen molar-refractivity contribution >= 4 is 17.9 Å². The van der Waals surface area contributed by atoms with Crippen LogP contribution >= 0.6 is 0 Å². The van der Waals surface area contributed by atoms with Gasteiger partial charge in [0.15, 0.2) is 0 Å². The molecule has 0 aliphatic rings. The lowest BCUT2D eigenvalue weighted by Gasteiger charge is -2.44. The molecule has 0 heterocycles. The van der Waals surface area contributed by atoms with Crippen molar-refractivity contribution in [3.8, 4) is 0 Å². The summed E-state index contributed by atoms with van der Waals surface area (Å²) in [6.45, 7) is 19.4. The standard InChI is InChI=1S/C26H43N3O5/c1-16-13-12-14-18(17(16)2)20(21(31)28-24(3,4)5)29(25(6,7)8)22(32)19(15-30)27-23(33)34-26(9,10)11/h12-14,19-20,30H,15H2,1-11H3,(H,27,33)(H,28,31). The zero-order chi connectivity index (χ0) is 26.6. The number of rotatable bonds is 6. The van der Waals surface area contributed by atoms with Gasteiger partial charge in [0.05, 0.1) is 6.61 Å². The van der Waals surface area contributed by atoms with Gasteiger partial charge in [-0.2, -0.15) is 0 Å². The van der Waals surface area contributed by atoms with E-state index >= 15 is 0 Å². The lowest BCUT2D eigenvalue weighted by atomic mass is 9.91. The van der Waals surface area contributed by atoms with Crippen molar-refractivity contribution in [3.63, 3.8) is 0 Å². The van der Waals surface area contributed by atoms with E-state index in [2.05, 4.69) is 10.6 Å². The van der Waals surface area contributed by atoms with Crippen LogP contribution in [0.3, 0.4) is 0 Å². The van der Waals surface area contributed by atoms with Gasteiger partial charge in [-0.25, -0.2) is 4.79 Å². The van der Waals surface area contributed by atoms with Gasteiger partial charge < -0.3 is 25.4 Å². The third-order valence-corrected chi connectivity index (χ3v) is 5.08. The molecule has 3 N–H and O–H groups in total. The highest BCUT2D eigenvalue weighted by molar-refractivity contribution is 5.93. The van der Waals surface area contributed by atoms with Crippen LogP contribution in [0.2, 0.25) is 0 Å². The Kier molecular flexibility index (Phi) is 9.31. The Morgan fingerprint density at radius 1 is 1.00 bits per heavy atom. The molecule has 0 radical (unpaired) electrons. The molecule has 8 heteroatoms. The molecule has 1 rings (SSSR count). The Bertz CT molecular complexity index is 891. The van der Waals surface area contributed by atoms with E-state index in [0.29, 0.717) is 5.56 Å². The van der Waals surface area contributed by atoms with Crippen molar-refractivity contribution in [2.75, 3.05) is 6.61 Å². The molecule has 192 valence electrons. The van der Waals surface area contributed by atoms with Crippen LogP contribution in [0.1, 0.15) is 85.0 Å². The predicted molar refractivity (Wildman–Crippen MR) is 133 cm³/mol. The number of carbonyl (C=O) groups excluding carboxylic acids is 3. The predicted octanol–water partition coefficient (Wildman–Crippen LogP) is 3.77. The SMILES string of the molecule is Cc1cccc(C(C(=O)NC(C)(C)C)N(C(=O)C(CO)NC(=O)OC(C)(C)C)C(C)(C)C)c1C. The fourth-order valence-electron chi connectivity index (χ4n) is 3.55. The summed E-state index contributed by atoms with van der Waals surface area (Å²) in [5, 5.41) is 15.5. The number of hydrogen-bond acceptors (Lipinski definition) is 5. The molecule has 2 atom stereocenters. The number of aliphatic hydroxyl groups excluding tert-OH is 1. The van der Waals surface area contributed by atoms with Gasteiger partial charge >= 0.3 is 6.09 Å². The van der Waals surface area contributed by atoms with E-state index in [-0.39, 0.29) is 5.91 Å². The van der Waals surface area contributed by atoms with Crippen LogP contribution in [0, 0.1) is 13.8 Å². The normalized spacial score (nSPS) is 14.1. The number of nitrogens with zero attached hydrogens (tertiary/aromatic N) is 1. The zero-order valence-electron chi connectivity index (χ0n) is 22.6. The number of hydrogen-bond donors (Lipinski definition) is 3. The first-order valence-corrected chi connectivity index (χ1v) is 11.6. The first-order valence-electron chi connectivity index (χ1n) is 11.6. The van der Waals surface area contributed by atoms with Crippen molar-refractivity contribution in [2.24, 2.45) is 0 Å². The molecular weight excluding hydrogens is 434 g/mol. The first kappa shape index (κ1) is 29.4. The van der Waals surface area contributed by atoms with E-state index in [1.165, 1.54) is 4.90 Å². The van der Waals surface area contributed by atoms with E-state index in [9.17, 15) is 19.5 Å². The molecule has 0 bridgehead atoms. The molecule has 3 amide bonds. The van der Waals surface area contributed by atoms with Crippen molar-refractivity contribution in [2.45, 2.75) is 105 Å². The number of carbonyl (C=O) groups is 3. The number of aryl methyl sites for hydroxylation is 1. The number of amides is 3. The highest BCUT2D eigenvalue weighted by Gasteiger charge is 2.43. The summed E-state index contributed by atoms with van der Waals surface area (Å²) in [6, 6.07) is 3.35. The summed E-state index contributed by atoms with van der Waals surface area (Å²) >= 11 is 0. The second-order valence-corrected chi connectivity index (χ2v) is 11.7. The number of ether oxygens (including phenoxy) is 1. The molecular formula is C26H43N3O5. The van der Waals surface area contributed by atoms with Gasteiger partial charge in [-0.3, -0.25) is 9.59 Å². The lowest BCUT2D eigenvalue weighted by Crippen LogP contribution is -2.60. The minimum absolute atomic E-state index is 0.349. The molecule has 0 aliphatic heterocycles. The largest absolute Gasteiger partial charge is 0.444 e. The Balaban J connectivity index is 3.60. The third-order valence-electron chi connectivity index (χ3n) is 5.08. The maximum Gasteiger partial charge on any atom is 0.408 e. The van der Waals surface area contributed by atoms with E-state index in [0.717, 1.165) is 11.1 Å². The van der Waals surface area contributed by atoms with Crippen LogP contribution in [0.25, 0.3) is 0 Å². The summed E-state index contributed by atoms with van der Waals surface area (Å²) in [7, 11) is 0. The van der Waals surface area contributed by atoms with Crippen molar-refractivity contribution in [1.29, 1.82) is 0 Å². The van der Waals surface area contributed by atoms with Gasteiger partial charge in [-0.1, -0.05) is 18.2 Å². The van der Waals surface area contributed by atoms with Gasteiger partial charge in [0.1, 0.15) is 17.7 Å². The molecule has 0 aliphatic carbocycles. The quantitative estimate of drug-likeness (QED) is 0.578. The molecule has 0 saturated heterocycles. The fourth-order valence-corrected chi connectivity index (χ4v) is 3.55. The summed E-state index contributed by atoms with van der Waals surface area (Å²) in [6.07, 6.45) is -0.823. The highest BCUT2D eigenvalue weighted by atomic mass is 16.6. The Hall–Kier alpha value is -2.61. The minimum atomic E-state index is -1.29. The van der Waals surface area contributed by atoms with Crippen molar-refractivity contribution < 1.29 is 24.2 Å². The molecule has 1 aromatic rings. The monoisotopic (exact) mass is 477 g/mol. The number of benzene rings is 1. The average molecular weight is 478 g/mol. The molecule has 34 heavy (non-hydrogen) atoms. The molecule has 1 aromatic carbocycles. The number of alkyl carbamates (subject to hydrolysis) is 1. The summed E-state index contributed by atoms with van der Waals surface area (Å²) in [5.41, 5.74) is 0.419. The van der Waals surface area contributed by atoms with Crippen molar-refractivity contribution in [3.05, 3.63) is 34.9 Å². The smallest absolute Gasteiger partial charge is 0.408 e. The van der Waals surface area contributed by atoms with Gasteiger partial charge in [0.2, 0.25) is 11.8 Å². The van der Waals surface area contributed by atoms with E-state index in [4.69, 9.17) is 4.74 Å². The molecule has 0 aromatic heterocycles. The summed E-state index contributed by atoms with van der Waals surface area (Å²) < 4.78 is 5.27. The highest BCUT2D eigenvalue weighted by Crippen LogP contribution is 2.33. The molecule has 0 spiro atoms. The summed E-state index contributed by atoms with van der Waals surface area (Å²) in [5.74, 6) is -0.936. The van der Waals surface area contributed by atoms with Crippen LogP contribution < -0.4 is 10.6 Å². The molecule has 2 unspecified atom stereocenters. The summed E-state index contributed by atoms with van der Waals surface area (Å²) in [4.78, 5) is 41.3. The van der Waals surface area contributed by atoms with Gasteiger partial charge in [0, 0.05) is 11.1 Å². The Morgan fingerprint density at radius 2 is 1.56 bits per heavy atom. The van der Waals surface area contributed by atoms with E-state index < -0.39 is 47.4 Å². The van der Waals surface area contributed by atoms with Crippen LogP contribution in [0.4, 0.5) is 4.79 Å². The van der Waals surface area contributed by atoms with Crippen LogP contribution in [-0.2, 0) is 14.3 Å². The molecule has 8 nitrogen and oxygen atoms in total. The van der Waals surface area contributed by atoms with Crippen molar-refractivity contribution in [1.82, 2.24) is 15.5 Å². The second-order valence-electron chi connectivity index (χ2n) is 11.7. The van der Waals surface area contributed by atoms with Crippen LogP contribution in [0.5, 0.6) is 0 Å². The van der Waals surface area contributed by atoms with Gasteiger partial charge in [0.25, 0.3) is 0 Å². The topological polar surface area (TPSA) is 108 Å².